The Morgan fingerprint density at radius 1 is 1.09 bits per heavy atom. The minimum absolute atomic E-state index is 0.0816. The summed E-state index contributed by atoms with van der Waals surface area (Å²) in [5, 5.41) is 0.370. The van der Waals surface area contributed by atoms with Crippen LogP contribution in [0.25, 0.3) is 16.6 Å². The molecule has 1 N–H and O–H groups in total. The van der Waals surface area contributed by atoms with E-state index in [4.69, 9.17) is 9.47 Å². The largest absolute Gasteiger partial charge is 0.493 e. The van der Waals surface area contributed by atoms with E-state index in [2.05, 4.69) is 9.97 Å². The number of nitrogens with zero attached hydrogens (tertiary/aromatic N) is 2. The normalized spacial score (nSPS) is 13.3. The predicted molar refractivity (Wildman–Crippen MR) is 122 cm³/mol. The minimum Gasteiger partial charge on any atom is -0.493 e. The van der Waals surface area contributed by atoms with Gasteiger partial charge in [0.25, 0.3) is 5.56 Å². The van der Waals surface area contributed by atoms with Gasteiger partial charge in [0.05, 0.1) is 23.2 Å². The third kappa shape index (κ3) is 4.37. The number of H-pyrrole nitrogens is 1. The number of fused-ring (bicyclic) bond motifs is 1. The van der Waals surface area contributed by atoms with Crippen LogP contribution in [0.1, 0.15) is 24.1 Å². The smallest absolute Gasteiger partial charge is 0.333 e. The molecule has 0 spiro atoms. The number of aryl methyl sites for hydroxylation is 1. The van der Waals surface area contributed by atoms with E-state index in [1.54, 1.807) is 43.3 Å². The van der Waals surface area contributed by atoms with Gasteiger partial charge in [-0.25, -0.2) is 13.8 Å². The van der Waals surface area contributed by atoms with Crippen molar-refractivity contribution in [1.29, 1.82) is 0 Å². The standard InChI is InChI=1S/C25H22FN3O4/c1-15-4-7-18(33-14-22-20(26)3-2-10-27-22)12-23(15)29-24(30)19-9-8-17(32-13-16-5-6-16)11-21(19)28-25(29)31/h2-4,7-12,16H,5-6,13-14H2,1H3,(H,28,31). The van der Waals surface area contributed by atoms with Crippen LogP contribution in [0.3, 0.4) is 0 Å². The molecular formula is C25H22FN3O4. The highest BCUT2D eigenvalue weighted by Gasteiger charge is 2.22. The predicted octanol–water partition coefficient (Wildman–Crippen LogP) is 3.89. The van der Waals surface area contributed by atoms with Crippen molar-refractivity contribution in [2.45, 2.75) is 26.4 Å². The summed E-state index contributed by atoms with van der Waals surface area (Å²) in [5.41, 5.74) is 0.672. The van der Waals surface area contributed by atoms with E-state index in [0.717, 1.165) is 4.57 Å². The zero-order valence-corrected chi connectivity index (χ0v) is 18.0. The van der Waals surface area contributed by atoms with Crippen LogP contribution in [0, 0.1) is 18.7 Å². The van der Waals surface area contributed by atoms with E-state index in [-0.39, 0.29) is 12.3 Å². The van der Waals surface area contributed by atoms with Crippen LogP contribution in [0.2, 0.25) is 0 Å². The Balaban J connectivity index is 1.48. The van der Waals surface area contributed by atoms with E-state index in [0.29, 0.717) is 46.2 Å². The SMILES string of the molecule is Cc1ccc(OCc2ncccc2F)cc1-n1c(=O)[nH]c2cc(OCC3CC3)ccc2c1=O. The van der Waals surface area contributed by atoms with Crippen LogP contribution < -0.4 is 20.7 Å². The molecule has 2 aromatic carbocycles. The fourth-order valence-corrected chi connectivity index (χ4v) is 3.60. The van der Waals surface area contributed by atoms with E-state index in [9.17, 15) is 14.0 Å². The monoisotopic (exact) mass is 447 g/mol. The number of benzene rings is 2. The second-order valence-electron chi connectivity index (χ2n) is 8.20. The van der Waals surface area contributed by atoms with E-state index in [1.807, 2.05) is 0 Å². The maximum Gasteiger partial charge on any atom is 0.333 e. The van der Waals surface area contributed by atoms with Gasteiger partial charge in [-0.1, -0.05) is 6.07 Å². The number of aromatic nitrogens is 3. The van der Waals surface area contributed by atoms with E-state index < -0.39 is 17.1 Å². The summed E-state index contributed by atoms with van der Waals surface area (Å²) in [6, 6.07) is 12.9. The maximum atomic E-state index is 13.8. The molecule has 0 saturated heterocycles. The van der Waals surface area contributed by atoms with Crippen molar-refractivity contribution < 1.29 is 13.9 Å². The molecular weight excluding hydrogens is 425 g/mol. The number of hydrogen-bond acceptors (Lipinski definition) is 5. The van der Waals surface area contributed by atoms with Crippen LogP contribution in [-0.2, 0) is 6.61 Å². The van der Waals surface area contributed by atoms with Crippen molar-refractivity contribution in [3.05, 3.63) is 92.6 Å². The highest BCUT2D eigenvalue weighted by molar-refractivity contribution is 5.79. The zero-order valence-electron chi connectivity index (χ0n) is 18.0. The van der Waals surface area contributed by atoms with Crippen molar-refractivity contribution >= 4 is 10.9 Å². The molecule has 0 radical (unpaired) electrons. The second kappa shape index (κ2) is 8.54. The Bertz CT molecular complexity index is 1460. The van der Waals surface area contributed by atoms with Crippen LogP contribution in [0.4, 0.5) is 4.39 Å². The molecule has 0 amide bonds. The summed E-state index contributed by atoms with van der Waals surface area (Å²) in [6.07, 6.45) is 3.83. The number of ether oxygens (including phenoxy) is 2. The highest BCUT2D eigenvalue weighted by Crippen LogP contribution is 2.30. The summed E-state index contributed by atoms with van der Waals surface area (Å²) in [7, 11) is 0. The molecule has 0 unspecified atom stereocenters. The van der Waals surface area contributed by atoms with Crippen molar-refractivity contribution in [2.24, 2.45) is 5.92 Å². The Kier molecular flexibility index (Phi) is 5.42. The van der Waals surface area contributed by atoms with Gasteiger partial charge in [0.2, 0.25) is 0 Å². The lowest BCUT2D eigenvalue weighted by Crippen LogP contribution is -2.34. The number of aromatic amines is 1. The van der Waals surface area contributed by atoms with Gasteiger partial charge in [0.1, 0.15) is 29.6 Å². The number of halogens is 1. The Hall–Kier alpha value is -3.94. The molecule has 1 saturated carbocycles. The Morgan fingerprint density at radius 2 is 1.88 bits per heavy atom. The van der Waals surface area contributed by atoms with Gasteiger partial charge in [-0.05, 0) is 61.6 Å². The molecule has 7 nitrogen and oxygen atoms in total. The molecule has 0 atom stereocenters. The third-order valence-corrected chi connectivity index (χ3v) is 5.68. The average molecular weight is 447 g/mol. The first kappa shape index (κ1) is 20.9. The van der Waals surface area contributed by atoms with Crippen LogP contribution in [-0.4, -0.2) is 21.1 Å². The molecule has 1 fully saturated rings. The van der Waals surface area contributed by atoms with Gasteiger partial charge in [-0.2, -0.15) is 0 Å². The van der Waals surface area contributed by atoms with Gasteiger partial charge in [-0.3, -0.25) is 9.78 Å². The maximum absolute atomic E-state index is 13.8. The summed E-state index contributed by atoms with van der Waals surface area (Å²) < 4.78 is 26.3. The van der Waals surface area contributed by atoms with Crippen molar-refractivity contribution in [1.82, 2.24) is 14.5 Å². The number of pyridine rings is 1. The fourth-order valence-electron chi connectivity index (χ4n) is 3.60. The lowest BCUT2D eigenvalue weighted by molar-refractivity contribution is 0.294. The van der Waals surface area contributed by atoms with Crippen molar-refractivity contribution in [2.75, 3.05) is 6.61 Å². The quantitative estimate of drug-likeness (QED) is 0.465. The first-order valence-electron chi connectivity index (χ1n) is 10.7. The van der Waals surface area contributed by atoms with E-state index in [1.165, 1.54) is 31.2 Å². The zero-order chi connectivity index (χ0) is 22.9. The molecule has 1 aliphatic carbocycles. The fraction of sp³-hybridized carbons (Fsp3) is 0.240. The molecule has 1 aliphatic rings. The molecule has 2 heterocycles. The lowest BCUT2D eigenvalue weighted by Gasteiger charge is -2.13. The summed E-state index contributed by atoms with van der Waals surface area (Å²) in [5.74, 6) is 1.14. The summed E-state index contributed by atoms with van der Waals surface area (Å²) in [4.78, 5) is 32.9. The van der Waals surface area contributed by atoms with Gasteiger partial charge in [-0.15, -0.1) is 0 Å². The van der Waals surface area contributed by atoms with Crippen LogP contribution in [0.5, 0.6) is 11.5 Å². The van der Waals surface area contributed by atoms with Crippen LogP contribution in [0.15, 0.2) is 64.3 Å². The van der Waals surface area contributed by atoms with Gasteiger partial charge >= 0.3 is 5.69 Å². The molecule has 4 aromatic rings. The number of rotatable bonds is 7. The summed E-state index contributed by atoms with van der Waals surface area (Å²) in [6.45, 7) is 2.35. The Morgan fingerprint density at radius 3 is 2.67 bits per heavy atom. The molecule has 0 aliphatic heterocycles. The van der Waals surface area contributed by atoms with Crippen molar-refractivity contribution in [3.63, 3.8) is 0 Å². The summed E-state index contributed by atoms with van der Waals surface area (Å²) >= 11 is 0. The molecule has 168 valence electrons. The minimum atomic E-state index is -0.567. The molecule has 33 heavy (non-hydrogen) atoms. The van der Waals surface area contributed by atoms with Gasteiger partial charge < -0.3 is 14.5 Å². The molecule has 0 bridgehead atoms. The first-order valence-corrected chi connectivity index (χ1v) is 10.7. The van der Waals surface area contributed by atoms with Gasteiger partial charge in [0.15, 0.2) is 0 Å². The van der Waals surface area contributed by atoms with Gasteiger partial charge in [0, 0.05) is 18.3 Å². The topological polar surface area (TPSA) is 86.2 Å². The Labute approximate surface area is 188 Å². The highest BCUT2D eigenvalue weighted by atomic mass is 19.1. The van der Waals surface area contributed by atoms with Crippen molar-refractivity contribution in [3.8, 4) is 17.2 Å². The number of hydrogen-bond donors (Lipinski definition) is 1. The third-order valence-electron chi connectivity index (χ3n) is 5.68. The number of nitrogens with one attached hydrogen (secondary N) is 1. The molecule has 2 aromatic heterocycles. The first-order chi connectivity index (χ1) is 16.0. The molecule has 5 rings (SSSR count). The van der Waals surface area contributed by atoms with E-state index >= 15 is 0 Å². The molecule has 8 heteroatoms. The van der Waals surface area contributed by atoms with Crippen LogP contribution >= 0.6 is 0 Å². The average Bonchev–Trinajstić information content (AvgIpc) is 3.63. The lowest BCUT2D eigenvalue weighted by atomic mass is 10.1. The second-order valence-corrected chi connectivity index (χ2v) is 8.20.